The Morgan fingerprint density at radius 2 is 0.740 bits per heavy atom. The molecule has 2 aromatic carbocycles. The molecule has 0 saturated heterocycles. The summed E-state index contributed by atoms with van der Waals surface area (Å²) >= 11 is 1.37. The normalized spacial score (nSPS) is 16.0. The van der Waals surface area contributed by atoms with E-state index in [0.717, 1.165) is 48.5 Å². The number of halogens is 22. The van der Waals surface area contributed by atoms with Crippen molar-refractivity contribution >= 4 is 40.3 Å². The summed E-state index contributed by atoms with van der Waals surface area (Å²) in [6.07, 6.45) is -11.9. The fourth-order valence-electron chi connectivity index (χ4n) is 4.42. The Labute approximate surface area is 280 Å². The van der Waals surface area contributed by atoms with E-state index in [-0.39, 0.29) is 0 Å². The molecule has 50 heavy (non-hydrogen) atoms. The average Bonchev–Trinajstić information content (AvgIpc) is 2.99. The predicted molar refractivity (Wildman–Crippen MR) is 142 cm³/mol. The Balaban J connectivity index is 2.75. The first-order chi connectivity index (χ1) is 22.1. The molecule has 2 rings (SSSR count). The molecule has 1 nitrogen and oxygen atoms in total. The number of hydrogen-bond donors (Lipinski definition) is 0. The van der Waals surface area contributed by atoms with Crippen LogP contribution in [0.15, 0.2) is 60.7 Å². The first-order valence-corrected chi connectivity index (χ1v) is 16.2. The SMILES string of the molecule is O=P(c1ccccc1)(c1ccccc1)C(CCI)CC(F)(F)C(F)(F)C(F)(F)C(F)(F)C(F)(F)C(F)(F)C(F)(F)C(F)(F)C(F)(F)C(F)(F)F. The van der Waals surface area contributed by atoms with E-state index in [0.29, 0.717) is 0 Å². The van der Waals surface area contributed by atoms with Crippen LogP contribution in [0.1, 0.15) is 12.8 Å². The molecule has 0 radical (unpaired) electrons. The molecule has 2 aromatic rings. The highest BCUT2D eigenvalue weighted by Gasteiger charge is 2.97. The smallest absolute Gasteiger partial charge is 0.313 e. The van der Waals surface area contributed by atoms with E-state index >= 15 is 8.78 Å². The molecule has 0 N–H and O–H groups in total. The van der Waals surface area contributed by atoms with Gasteiger partial charge >= 0.3 is 59.5 Å². The Bertz CT molecular complexity index is 1470. The van der Waals surface area contributed by atoms with Gasteiger partial charge in [-0.1, -0.05) is 83.3 Å². The van der Waals surface area contributed by atoms with Gasteiger partial charge in [0.25, 0.3) is 0 Å². The van der Waals surface area contributed by atoms with Crippen LogP contribution in [0, 0.1) is 0 Å². The van der Waals surface area contributed by atoms with Crippen LogP contribution >= 0.6 is 29.7 Å². The number of hydrogen-bond acceptors (Lipinski definition) is 1. The molecular weight excluding hydrogens is 885 g/mol. The van der Waals surface area contributed by atoms with Crippen LogP contribution in [0.25, 0.3) is 0 Å². The Morgan fingerprint density at radius 1 is 0.460 bits per heavy atom. The van der Waals surface area contributed by atoms with Crippen molar-refractivity contribution in [1.82, 2.24) is 0 Å². The van der Waals surface area contributed by atoms with Gasteiger partial charge in [0.2, 0.25) is 0 Å². The van der Waals surface area contributed by atoms with Gasteiger partial charge in [-0.3, -0.25) is 0 Å². The molecule has 0 aliphatic heterocycles. The largest absolute Gasteiger partial charge is 0.460 e. The summed E-state index contributed by atoms with van der Waals surface area (Å²) in [6.45, 7) is 0. The van der Waals surface area contributed by atoms with E-state index in [2.05, 4.69) is 0 Å². The predicted octanol–water partition coefficient (Wildman–Crippen LogP) is 10.9. The van der Waals surface area contributed by atoms with E-state index in [1.807, 2.05) is 0 Å². The number of alkyl halides is 22. The summed E-state index contributed by atoms with van der Waals surface area (Å²) in [4.78, 5) is 0. The molecule has 0 saturated carbocycles. The first-order valence-electron chi connectivity index (χ1n) is 12.9. The molecule has 0 amide bonds. The van der Waals surface area contributed by atoms with Crippen LogP contribution in [0.2, 0.25) is 0 Å². The number of benzene rings is 2. The van der Waals surface area contributed by atoms with Crippen LogP contribution in [0.5, 0.6) is 0 Å². The summed E-state index contributed by atoms with van der Waals surface area (Å²) in [7, 11) is -4.80. The molecule has 1 unspecified atom stereocenters. The van der Waals surface area contributed by atoms with Gasteiger partial charge in [-0.05, 0) is 6.42 Å². The molecule has 0 aliphatic rings. The van der Waals surface area contributed by atoms with Crippen molar-refractivity contribution < 1.29 is 96.8 Å². The summed E-state index contributed by atoms with van der Waals surface area (Å²) in [5.41, 5.74) is -2.51. The molecular formula is C26H17F21IOP. The maximum absolute atomic E-state index is 15.1. The minimum atomic E-state index is -9.24. The van der Waals surface area contributed by atoms with Crippen LogP contribution in [-0.4, -0.2) is 69.6 Å². The summed E-state index contributed by atoms with van der Waals surface area (Å²) in [5.74, 6) is -77.8. The average molecular weight is 902 g/mol. The minimum Gasteiger partial charge on any atom is -0.313 e. The van der Waals surface area contributed by atoms with E-state index in [1.54, 1.807) is 0 Å². The second-order valence-corrected chi connectivity index (χ2v) is 14.6. The van der Waals surface area contributed by atoms with E-state index in [9.17, 15) is 88.0 Å². The van der Waals surface area contributed by atoms with Gasteiger partial charge in [0.05, 0.1) is 0 Å². The van der Waals surface area contributed by atoms with E-state index in [1.165, 1.54) is 34.7 Å². The van der Waals surface area contributed by atoms with Crippen LogP contribution < -0.4 is 10.6 Å². The second kappa shape index (κ2) is 13.4. The van der Waals surface area contributed by atoms with Crippen LogP contribution in [0.3, 0.4) is 0 Å². The van der Waals surface area contributed by atoms with Gasteiger partial charge in [0, 0.05) is 27.1 Å². The van der Waals surface area contributed by atoms with Gasteiger partial charge < -0.3 is 4.57 Å². The van der Waals surface area contributed by atoms with E-state index in [4.69, 9.17) is 0 Å². The van der Waals surface area contributed by atoms with Crippen molar-refractivity contribution in [3.05, 3.63) is 60.7 Å². The maximum atomic E-state index is 15.1. The number of rotatable bonds is 15. The molecule has 286 valence electrons. The molecule has 24 heteroatoms. The Kier molecular flexibility index (Phi) is 11.8. The quantitative estimate of drug-likeness (QED) is 0.0753. The Hall–Kier alpha value is -2.07. The highest BCUT2D eigenvalue weighted by molar-refractivity contribution is 14.1. The standard InChI is InChI=1S/C26H17F21IOP/c27-17(28,13-16(11-12-48)50(49,14-7-3-1-4-8-14)15-9-5-2-6-10-15)18(29,30)19(31,32)20(33,34)21(35,36)22(37,38)23(39,40)24(41,42)25(43,44)26(45,46)47/h1-10,16H,11-13H2. The third-order valence-electron chi connectivity index (χ3n) is 7.30. The van der Waals surface area contributed by atoms with Crippen LogP contribution in [-0.2, 0) is 4.57 Å². The zero-order chi connectivity index (χ0) is 39.4. The minimum absolute atomic E-state index is 0.442. The van der Waals surface area contributed by atoms with Gasteiger partial charge in [-0.2, -0.15) is 92.2 Å². The Morgan fingerprint density at radius 3 is 1.02 bits per heavy atom. The molecule has 0 aliphatic carbocycles. The maximum Gasteiger partial charge on any atom is 0.460 e. The second-order valence-electron chi connectivity index (χ2n) is 10.5. The van der Waals surface area contributed by atoms with Crippen molar-refractivity contribution in [2.24, 2.45) is 0 Å². The third-order valence-corrected chi connectivity index (χ3v) is 11.5. The van der Waals surface area contributed by atoms with Crippen LogP contribution in [0.4, 0.5) is 92.2 Å². The molecule has 0 heterocycles. The molecule has 0 bridgehead atoms. The first kappa shape index (κ1) is 44.1. The lowest BCUT2D eigenvalue weighted by atomic mass is 9.85. The van der Waals surface area contributed by atoms with Crippen molar-refractivity contribution in [1.29, 1.82) is 0 Å². The van der Waals surface area contributed by atoms with Crippen molar-refractivity contribution in [2.75, 3.05) is 4.43 Å². The van der Waals surface area contributed by atoms with E-state index < -0.39 is 100 Å². The van der Waals surface area contributed by atoms with Gasteiger partial charge in [0.15, 0.2) is 0 Å². The van der Waals surface area contributed by atoms with Gasteiger partial charge in [0.1, 0.15) is 7.14 Å². The lowest BCUT2D eigenvalue weighted by Gasteiger charge is -2.45. The third kappa shape index (κ3) is 6.34. The van der Waals surface area contributed by atoms with Crippen molar-refractivity contribution in [3.63, 3.8) is 0 Å². The monoisotopic (exact) mass is 902 g/mol. The lowest BCUT2D eigenvalue weighted by Crippen LogP contribution is -2.76. The van der Waals surface area contributed by atoms with Crippen molar-refractivity contribution in [3.8, 4) is 0 Å². The molecule has 0 spiro atoms. The fraction of sp³-hybridized carbons (Fsp3) is 0.538. The highest BCUT2D eigenvalue weighted by atomic mass is 127. The summed E-state index contributed by atoms with van der Waals surface area (Å²) < 4.78 is 305. The van der Waals surface area contributed by atoms with Gasteiger partial charge in [-0.25, -0.2) is 0 Å². The highest BCUT2D eigenvalue weighted by Crippen LogP contribution is 2.67. The zero-order valence-corrected chi connectivity index (χ0v) is 26.7. The van der Waals surface area contributed by atoms with Crippen molar-refractivity contribution in [2.45, 2.75) is 78.0 Å². The topological polar surface area (TPSA) is 17.1 Å². The molecule has 0 fully saturated rings. The fourth-order valence-corrected chi connectivity index (χ4v) is 9.02. The summed E-state index contributed by atoms with van der Waals surface area (Å²) in [5, 5.41) is -0.885. The summed E-state index contributed by atoms with van der Waals surface area (Å²) in [6, 6.07) is 10.9. The zero-order valence-electron chi connectivity index (χ0n) is 23.6. The lowest BCUT2D eigenvalue weighted by molar-refractivity contribution is -0.474. The molecule has 0 aromatic heterocycles. The molecule has 1 atom stereocenters. The van der Waals surface area contributed by atoms with Gasteiger partial charge in [-0.15, -0.1) is 0 Å².